The van der Waals surface area contributed by atoms with E-state index in [0.717, 1.165) is 24.5 Å². The molecule has 0 heterocycles. The zero-order valence-corrected chi connectivity index (χ0v) is 23.1. The lowest BCUT2D eigenvalue weighted by Gasteiger charge is -2.35. The molecule has 3 atom stereocenters. The maximum Gasteiger partial charge on any atom is 0.222 e. The summed E-state index contributed by atoms with van der Waals surface area (Å²) in [4.78, 5) is 27.1. The summed E-state index contributed by atoms with van der Waals surface area (Å²) < 4.78 is 28.0. The molecule has 6 nitrogen and oxygen atoms in total. The SMILES string of the molecule is CCCN(CCC)C(=O)CC(CC(N)=O)[C@H](Cc1cc(F)cc(F)c1)[C@@H](O)CNC(C)(C)c1ccccc1. The van der Waals surface area contributed by atoms with Crippen molar-refractivity contribution in [3.8, 4) is 0 Å². The summed E-state index contributed by atoms with van der Waals surface area (Å²) in [6.45, 7) is 9.27. The highest BCUT2D eigenvalue weighted by atomic mass is 19.1. The van der Waals surface area contributed by atoms with Crippen molar-refractivity contribution in [1.82, 2.24) is 10.2 Å². The van der Waals surface area contributed by atoms with Crippen LogP contribution < -0.4 is 11.1 Å². The van der Waals surface area contributed by atoms with Crippen LogP contribution in [-0.4, -0.2) is 47.6 Å². The van der Waals surface area contributed by atoms with Gasteiger partial charge in [-0.15, -0.1) is 0 Å². The van der Waals surface area contributed by atoms with Gasteiger partial charge >= 0.3 is 0 Å². The molecule has 0 aliphatic rings. The van der Waals surface area contributed by atoms with Crippen molar-refractivity contribution in [3.63, 3.8) is 0 Å². The number of primary amides is 1. The molecule has 2 aromatic rings. The van der Waals surface area contributed by atoms with Gasteiger partial charge in [-0.2, -0.15) is 0 Å². The molecule has 2 aromatic carbocycles. The normalized spacial score (nSPS) is 14.1. The van der Waals surface area contributed by atoms with Gasteiger partial charge < -0.3 is 21.1 Å². The summed E-state index contributed by atoms with van der Waals surface area (Å²) in [5.74, 6) is -3.44. The number of nitrogens with one attached hydrogen (secondary N) is 1. The maximum absolute atomic E-state index is 14.0. The van der Waals surface area contributed by atoms with Crippen molar-refractivity contribution in [2.75, 3.05) is 19.6 Å². The predicted molar refractivity (Wildman–Crippen MR) is 146 cm³/mol. The summed E-state index contributed by atoms with van der Waals surface area (Å²) >= 11 is 0. The minimum atomic E-state index is -1.02. The van der Waals surface area contributed by atoms with Crippen LogP contribution in [0.15, 0.2) is 48.5 Å². The summed E-state index contributed by atoms with van der Waals surface area (Å²) in [7, 11) is 0. The number of carbonyl (C=O) groups is 2. The molecule has 0 aromatic heterocycles. The molecular formula is C30H43F2N3O3. The van der Waals surface area contributed by atoms with Crippen LogP contribution in [0.3, 0.4) is 0 Å². The third-order valence-corrected chi connectivity index (χ3v) is 6.98. The number of halogens is 2. The van der Waals surface area contributed by atoms with Crippen LogP contribution >= 0.6 is 0 Å². The molecule has 2 amide bonds. The molecule has 0 aliphatic heterocycles. The number of nitrogens with zero attached hydrogens (tertiary/aromatic N) is 1. The highest BCUT2D eigenvalue weighted by Crippen LogP contribution is 2.30. The van der Waals surface area contributed by atoms with Gasteiger partial charge in [-0.1, -0.05) is 44.2 Å². The Bertz CT molecular complexity index is 1010. The van der Waals surface area contributed by atoms with Crippen molar-refractivity contribution in [2.45, 2.75) is 71.4 Å². The van der Waals surface area contributed by atoms with E-state index in [2.05, 4.69) is 5.32 Å². The number of benzene rings is 2. The van der Waals surface area contributed by atoms with Crippen molar-refractivity contribution in [2.24, 2.45) is 17.6 Å². The predicted octanol–water partition coefficient (Wildman–Crippen LogP) is 4.54. The fourth-order valence-corrected chi connectivity index (χ4v) is 4.97. The first kappa shape index (κ1) is 31.4. The van der Waals surface area contributed by atoms with Crippen LogP contribution in [0.1, 0.15) is 64.5 Å². The third kappa shape index (κ3) is 9.80. The van der Waals surface area contributed by atoms with E-state index in [9.17, 15) is 23.5 Å². The zero-order valence-electron chi connectivity index (χ0n) is 23.1. The van der Waals surface area contributed by atoms with Gasteiger partial charge in [0.25, 0.3) is 0 Å². The summed E-state index contributed by atoms with van der Waals surface area (Å²) in [6, 6.07) is 13.0. The second-order valence-corrected chi connectivity index (χ2v) is 10.6. The molecule has 8 heteroatoms. The van der Waals surface area contributed by atoms with Crippen molar-refractivity contribution in [3.05, 3.63) is 71.3 Å². The van der Waals surface area contributed by atoms with E-state index in [1.807, 2.05) is 58.0 Å². The average Bonchev–Trinajstić information content (AvgIpc) is 2.85. The van der Waals surface area contributed by atoms with Gasteiger partial charge in [-0.25, -0.2) is 8.78 Å². The van der Waals surface area contributed by atoms with Gasteiger partial charge in [0, 0.05) is 44.1 Å². The number of aliphatic hydroxyl groups excluding tert-OH is 1. The minimum absolute atomic E-state index is 0.00451. The molecule has 0 fully saturated rings. The van der Waals surface area contributed by atoms with Crippen molar-refractivity contribution in [1.29, 1.82) is 0 Å². The van der Waals surface area contributed by atoms with E-state index in [1.165, 1.54) is 12.1 Å². The van der Waals surface area contributed by atoms with E-state index in [-0.39, 0.29) is 31.7 Å². The lowest BCUT2D eigenvalue weighted by atomic mass is 9.78. The Morgan fingerprint density at radius 1 is 1.00 bits per heavy atom. The molecular weight excluding hydrogens is 488 g/mol. The third-order valence-electron chi connectivity index (χ3n) is 6.98. The Balaban J connectivity index is 2.36. The number of aliphatic hydroxyl groups is 1. The van der Waals surface area contributed by atoms with E-state index in [4.69, 9.17) is 5.73 Å². The quantitative estimate of drug-likeness (QED) is 0.296. The Morgan fingerprint density at radius 3 is 2.11 bits per heavy atom. The van der Waals surface area contributed by atoms with Crippen molar-refractivity contribution >= 4 is 11.8 Å². The fraction of sp³-hybridized carbons (Fsp3) is 0.533. The first-order valence-electron chi connectivity index (χ1n) is 13.5. The molecule has 0 radical (unpaired) electrons. The Kier molecular flexibility index (Phi) is 12.3. The maximum atomic E-state index is 14.0. The molecule has 2 rings (SSSR count). The minimum Gasteiger partial charge on any atom is -0.391 e. The Morgan fingerprint density at radius 2 is 1.58 bits per heavy atom. The van der Waals surface area contributed by atoms with E-state index >= 15 is 0 Å². The number of rotatable bonds is 16. The summed E-state index contributed by atoms with van der Waals surface area (Å²) in [5, 5.41) is 14.8. The fourth-order valence-electron chi connectivity index (χ4n) is 4.97. The number of hydrogen-bond donors (Lipinski definition) is 3. The molecule has 0 saturated carbocycles. The first-order valence-corrected chi connectivity index (χ1v) is 13.5. The standard InChI is InChI=1S/C30H43F2N3O3/c1-5-12-35(13-6-2)29(38)18-22(17-28(33)37)26(16-21-14-24(31)19-25(32)15-21)27(36)20-34-30(3,4)23-10-8-7-9-11-23/h7-11,14-15,19,22,26-27,34,36H,5-6,12-13,16-18,20H2,1-4H3,(H2,33,37)/t22?,26-,27-/m0/s1. The van der Waals surface area contributed by atoms with Gasteiger partial charge in [0.1, 0.15) is 11.6 Å². The summed E-state index contributed by atoms with van der Waals surface area (Å²) in [6.07, 6.45) is 0.519. The van der Waals surface area contributed by atoms with E-state index < -0.39 is 41.0 Å². The van der Waals surface area contributed by atoms with Gasteiger partial charge in [0.2, 0.25) is 11.8 Å². The molecule has 0 saturated heterocycles. The highest BCUT2D eigenvalue weighted by Gasteiger charge is 2.34. The first-order chi connectivity index (χ1) is 18.0. The smallest absolute Gasteiger partial charge is 0.222 e. The lowest BCUT2D eigenvalue weighted by molar-refractivity contribution is -0.133. The number of hydrogen-bond acceptors (Lipinski definition) is 4. The van der Waals surface area contributed by atoms with Gasteiger partial charge in [-0.05, 0) is 68.2 Å². The molecule has 38 heavy (non-hydrogen) atoms. The largest absolute Gasteiger partial charge is 0.391 e. The highest BCUT2D eigenvalue weighted by molar-refractivity contribution is 5.78. The monoisotopic (exact) mass is 531 g/mol. The zero-order chi connectivity index (χ0) is 28.3. The van der Waals surface area contributed by atoms with Crippen LogP contribution in [-0.2, 0) is 21.5 Å². The number of nitrogens with two attached hydrogens (primary N) is 1. The molecule has 0 spiro atoms. The Labute approximate surface area is 225 Å². The number of amides is 2. The van der Waals surface area contributed by atoms with Gasteiger partial charge in [0.15, 0.2) is 0 Å². The van der Waals surface area contributed by atoms with Crippen LogP contribution in [0.2, 0.25) is 0 Å². The molecule has 4 N–H and O–H groups in total. The van der Waals surface area contributed by atoms with E-state index in [0.29, 0.717) is 18.7 Å². The molecule has 210 valence electrons. The van der Waals surface area contributed by atoms with Gasteiger partial charge in [0.05, 0.1) is 6.10 Å². The van der Waals surface area contributed by atoms with Crippen LogP contribution in [0.25, 0.3) is 0 Å². The topological polar surface area (TPSA) is 95.7 Å². The second kappa shape index (κ2) is 14.9. The molecule has 0 bridgehead atoms. The van der Waals surface area contributed by atoms with Gasteiger partial charge in [-0.3, -0.25) is 9.59 Å². The van der Waals surface area contributed by atoms with Crippen LogP contribution in [0.4, 0.5) is 8.78 Å². The lowest BCUT2D eigenvalue weighted by Crippen LogP contribution is -2.46. The number of carbonyl (C=O) groups excluding carboxylic acids is 2. The van der Waals surface area contributed by atoms with Crippen LogP contribution in [0, 0.1) is 23.5 Å². The van der Waals surface area contributed by atoms with E-state index in [1.54, 1.807) is 4.90 Å². The second-order valence-electron chi connectivity index (χ2n) is 10.6. The van der Waals surface area contributed by atoms with Crippen LogP contribution in [0.5, 0.6) is 0 Å². The molecule has 1 unspecified atom stereocenters. The Hall–Kier alpha value is -2.84. The molecule has 0 aliphatic carbocycles. The summed E-state index contributed by atoms with van der Waals surface area (Å²) in [5.41, 5.74) is 6.47. The average molecular weight is 532 g/mol. The van der Waals surface area contributed by atoms with Crippen molar-refractivity contribution < 1.29 is 23.5 Å².